The van der Waals surface area contributed by atoms with Crippen LogP contribution in [0, 0.1) is 11.8 Å². The largest absolute Gasteiger partial charge is 0.478 e. The molecule has 0 spiro atoms. The Hall–Kier alpha value is -2.44. The van der Waals surface area contributed by atoms with Crippen molar-refractivity contribution in [3.63, 3.8) is 0 Å². The summed E-state index contributed by atoms with van der Waals surface area (Å²) in [6.45, 7) is 0.722. The Kier molecular flexibility index (Phi) is 5.88. The Labute approximate surface area is 134 Å². The summed E-state index contributed by atoms with van der Waals surface area (Å²) in [5, 5.41) is 12.7. The van der Waals surface area contributed by atoms with Gasteiger partial charge in [-0.05, 0) is 42.0 Å². The Morgan fingerprint density at radius 2 is 1.73 bits per heavy atom. The van der Waals surface area contributed by atoms with Gasteiger partial charge in [-0.3, -0.25) is 0 Å². The Morgan fingerprint density at radius 1 is 1.05 bits per heavy atom. The number of carboxylic acids is 1. The van der Waals surface area contributed by atoms with Gasteiger partial charge in [-0.1, -0.05) is 29.7 Å². The van der Waals surface area contributed by atoms with Gasteiger partial charge in [-0.25, -0.2) is 4.79 Å². The summed E-state index contributed by atoms with van der Waals surface area (Å²) in [6, 6.07) is 14.3. The van der Waals surface area contributed by atoms with E-state index in [0.717, 1.165) is 29.2 Å². The molecule has 3 nitrogen and oxygen atoms in total. The molecule has 0 radical (unpaired) electrons. The average Bonchev–Trinajstić information content (AvgIpc) is 2.53. The van der Waals surface area contributed by atoms with Crippen molar-refractivity contribution >= 4 is 23.3 Å². The highest BCUT2D eigenvalue weighted by molar-refractivity contribution is 6.30. The first-order valence-electron chi connectivity index (χ1n) is 6.92. The van der Waals surface area contributed by atoms with Gasteiger partial charge in [0.2, 0.25) is 0 Å². The predicted octanol–water partition coefficient (Wildman–Crippen LogP) is 4.09. The number of hydrogen-bond acceptors (Lipinski definition) is 2. The lowest BCUT2D eigenvalue weighted by Crippen LogP contribution is -2.01. The van der Waals surface area contributed by atoms with Crippen LogP contribution in [0.2, 0.25) is 5.02 Å². The highest BCUT2D eigenvalue weighted by Crippen LogP contribution is 2.10. The van der Waals surface area contributed by atoms with Gasteiger partial charge in [0.15, 0.2) is 0 Å². The molecule has 0 atom stereocenters. The number of benzene rings is 2. The first kappa shape index (κ1) is 15.9. The third kappa shape index (κ3) is 5.16. The summed E-state index contributed by atoms with van der Waals surface area (Å²) in [4.78, 5) is 10.7. The number of aromatic carboxylic acids is 1. The molecule has 0 saturated carbocycles. The molecule has 2 rings (SSSR count). The minimum absolute atomic E-state index is 0.285. The number of carboxylic acid groups (broad SMARTS) is 1. The summed E-state index contributed by atoms with van der Waals surface area (Å²) in [7, 11) is 0. The minimum Gasteiger partial charge on any atom is -0.478 e. The van der Waals surface area contributed by atoms with Crippen molar-refractivity contribution in [2.75, 3.05) is 11.9 Å². The molecule has 0 bridgehead atoms. The second kappa shape index (κ2) is 8.11. The monoisotopic (exact) mass is 313 g/mol. The van der Waals surface area contributed by atoms with Crippen LogP contribution >= 0.6 is 11.6 Å². The molecule has 0 aliphatic carbocycles. The predicted molar refractivity (Wildman–Crippen MR) is 89.4 cm³/mol. The molecule has 22 heavy (non-hydrogen) atoms. The van der Waals surface area contributed by atoms with E-state index in [2.05, 4.69) is 17.2 Å². The standard InChI is InChI=1S/C18H16ClNO2/c19-16-9-5-14(6-10-16)4-2-1-3-13-20-17-11-7-15(8-12-17)18(21)22/h5-12,20H,3-4,13H2,(H,21,22). The maximum Gasteiger partial charge on any atom is 0.335 e. The van der Waals surface area contributed by atoms with Crippen LogP contribution in [-0.4, -0.2) is 17.6 Å². The SMILES string of the molecule is O=C(O)c1ccc(NCCC#CCc2ccc(Cl)cc2)cc1. The summed E-state index contributed by atoms with van der Waals surface area (Å²) >= 11 is 5.82. The third-order valence-electron chi connectivity index (χ3n) is 3.04. The van der Waals surface area contributed by atoms with E-state index in [0.29, 0.717) is 6.42 Å². The molecule has 0 fully saturated rings. The van der Waals surface area contributed by atoms with E-state index in [9.17, 15) is 4.79 Å². The van der Waals surface area contributed by atoms with Gasteiger partial charge >= 0.3 is 5.97 Å². The Bertz CT molecular complexity index is 682. The number of rotatable bonds is 5. The number of nitrogens with one attached hydrogen (secondary N) is 1. The van der Waals surface area contributed by atoms with Crippen LogP contribution in [0.1, 0.15) is 22.3 Å². The fourth-order valence-corrected chi connectivity index (χ4v) is 1.98. The lowest BCUT2D eigenvalue weighted by atomic mass is 10.1. The molecule has 0 aliphatic heterocycles. The van der Waals surface area contributed by atoms with Crippen LogP contribution in [0.5, 0.6) is 0 Å². The summed E-state index contributed by atoms with van der Waals surface area (Å²) < 4.78 is 0. The molecule has 2 aromatic carbocycles. The van der Waals surface area contributed by atoms with Crippen LogP contribution in [-0.2, 0) is 6.42 Å². The van der Waals surface area contributed by atoms with Gasteiger partial charge in [0.1, 0.15) is 0 Å². The van der Waals surface area contributed by atoms with Crippen molar-refractivity contribution in [2.45, 2.75) is 12.8 Å². The second-order valence-electron chi connectivity index (χ2n) is 4.72. The van der Waals surface area contributed by atoms with Gasteiger partial charge < -0.3 is 10.4 Å². The molecule has 112 valence electrons. The maximum atomic E-state index is 10.7. The first-order valence-corrected chi connectivity index (χ1v) is 7.30. The molecule has 2 N–H and O–H groups in total. The topological polar surface area (TPSA) is 49.3 Å². The van der Waals surface area contributed by atoms with Crippen LogP contribution in [0.3, 0.4) is 0 Å². The molecule has 0 aliphatic rings. The van der Waals surface area contributed by atoms with Crippen molar-refractivity contribution < 1.29 is 9.90 Å². The normalized spacial score (nSPS) is 9.68. The van der Waals surface area contributed by atoms with Crippen LogP contribution < -0.4 is 5.32 Å². The lowest BCUT2D eigenvalue weighted by molar-refractivity contribution is 0.0697. The van der Waals surface area contributed by atoms with Gasteiger partial charge in [-0.2, -0.15) is 0 Å². The zero-order valence-corrected chi connectivity index (χ0v) is 12.7. The van der Waals surface area contributed by atoms with Gasteiger partial charge in [0.25, 0.3) is 0 Å². The van der Waals surface area contributed by atoms with Crippen LogP contribution in [0.4, 0.5) is 5.69 Å². The molecule has 2 aromatic rings. The number of halogens is 1. The van der Waals surface area contributed by atoms with Crippen LogP contribution in [0.25, 0.3) is 0 Å². The summed E-state index contributed by atoms with van der Waals surface area (Å²) in [6.07, 6.45) is 1.44. The minimum atomic E-state index is -0.917. The fourth-order valence-electron chi connectivity index (χ4n) is 1.86. The van der Waals surface area contributed by atoms with E-state index < -0.39 is 5.97 Å². The molecule has 0 aromatic heterocycles. The molecular weight excluding hydrogens is 298 g/mol. The smallest absolute Gasteiger partial charge is 0.335 e. The van der Waals surface area contributed by atoms with E-state index in [1.807, 2.05) is 24.3 Å². The number of anilines is 1. The van der Waals surface area contributed by atoms with Crippen molar-refractivity contribution in [1.29, 1.82) is 0 Å². The van der Waals surface area contributed by atoms with Gasteiger partial charge in [0.05, 0.1) is 5.56 Å². The second-order valence-corrected chi connectivity index (χ2v) is 5.15. The third-order valence-corrected chi connectivity index (χ3v) is 3.29. The fraction of sp³-hybridized carbons (Fsp3) is 0.167. The average molecular weight is 314 g/mol. The van der Waals surface area contributed by atoms with E-state index >= 15 is 0 Å². The van der Waals surface area contributed by atoms with E-state index in [-0.39, 0.29) is 5.56 Å². The maximum absolute atomic E-state index is 10.7. The molecule has 0 heterocycles. The highest BCUT2D eigenvalue weighted by Gasteiger charge is 2.00. The Balaban J connectivity index is 1.72. The summed E-state index contributed by atoms with van der Waals surface area (Å²) in [5.41, 5.74) is 2.33. The van der Waals surface area contributed by atoms with E-state index in [4.69, 9.17) is 16.7 Å². The van der Waals surface area contributed by atoms with Gasteiger partial charge in [-0.15, -0.1) is 5.92 Å². The molecular formula is C18H16ClNO2. The Morgan fingerprint density at radius 3 is 2.36 bits per heavy atom. The van der Waals surface area contributed by atoms with Crippen molar-refractivity contribution in [3.8, 4) is 11.8 Å². The highest BCUT2D eigenvalue weighted by atomic mass is 35.5. The molecule has 0 saturated heterocycles. The van der Waals surface area contributed by atoms with Gasteiger partial charge in [0, 0.05) is 30.1 Å². The molecule has 0 amide bonds. The zero-order valence-electron chi connectivity index (χ0n) is 12.0. The quantitative estimate of drug-likeness (QED) is 0.646. The summed E-state index contributed by atoms with van der Waals surface area (Å²) in [5.74, 6) is 5.31. The number of hydrogen-bond donors (Lipinski definition) is 2. The lowest BCUT2D eigenvalue weighted by Gasteiger charge is -2.03. The van der Waals surface area contributed by atoms with Crippen molar-refractivity contribution in [2.24, 2.45) is 0 Å². The van der Waals surface area contributed by atoms with Crippen molar-refractivity contribution in [1.82, 2.24) is 0 Å². The molecule has 4 heteroatoms. The zero-order chi connectivity index (χ0) is 15.8. The number of carbonyl (C=O) groups is 1. The van der Waals surface area contributed by atoms with E-state index in [1.165, 1.54) is 0 Å². The molecule has 0 unspecified atom stereocenters. The van der Waals surface area contributed by atoms with Crippen molar-refractivity contribution in [3.05, 3.63) is 64.7 Å². The first-order chi connectivity index (χ1) is 10.6. The van der Waals surface area contributed by atoms with Crippen LogP contribution in [0.15, 0.2) is 48.5 Å². The van der Waals surface area contributed by atoms with E-state index in [1.54, 1.807) is 24.3 Å².